The molecule has 0 unspecified atom stereocenters. The van der Waals surface area contributed by atoms with Crippen molar-refractivity contribution in [2.75, 3.05) is 0 Å². The quantitative estimate of drug-likeness (QED) is 0.735. The average molecular weight is 314 g/mol. The van der Waals surface area contributed by atoms with Crippen molar-refractivity contribution in [1.29, 1.82) is 0 Å². The molecule has 1 aromatic carbocycles. The smallest absolute Gasteiger partial charge is 0.223 e. The maximum Gasteiger partial charge on any atom is 0.223 e. The Labute approximate surface area is 130 Å². The third-order valence-electron chi connectivity index (χ3n) is 3.49. The van der Waals surface area contributed by atoms with E-state index in [1.54, 1.807) is 23.1 Å². The number of thiazole rings is 1. The lowest BCUT2D eigenvalue weighted by Crippen LogP contribution is -2.03. The van der Waals surface area contributed by atoms with Gasteiger partial charge in [0.2, 0.25) is 5.78 Å². The predicted molar refractivity (Wildman–Crippen MR) is 84.3 cm³/mol. The van der Waals surface area contributed by atoms with Gasteiger partial charge in [0.25, 0.3) is 0 Å². The van der Waals surface area contributed by atoms with Gasteiger partial charge in [0, 0.05) is 23.4 Å². The Morgan fingerprint density at radius 1 is 1.32 bits per heavy atom. The molecule has 3 rings (SSSR count). The molecule has 0 aliphatic heterocycles. The fourth-order valence-electron chi connectivity index (χ4n) is 2.35. The van der Waals surface area contributed by atoms with Gasteiger partial charge in [0.1, 0.15) is 12.4 Å². The van der Waals surface area contributed by atoms with Gasteiger partial charge in [-0.05, 0) is 6.07 Å². The first-order valence-corrected chi connectivity index (χ1v) is 7.75. The van der Waals surface area contributed by atoms with Crippen LogP contribution < -0.4 is 0 Å². The van der Waals surface area contributed by atoms with Crippen molar-refractivity contribution in [2.45, 2.75) is 20.1 Å². The number of fused-ring (bicyclic) bond motifs is 1. The largest absolute Gasteiger partial charge is 0.376 e. The summed E-state index contributed by atoms with van der Waals surface area (Å²) in [7, 11) is 0. The molecule has 0 aliphatic carbocycles. The lowest BCUT2D eigenvalue weighted by Gasteiger charge is -1.97. The van der Waals surface area contributed by atoms with E-state index in [1.807, 2.05) is 24.3 Å². The third kappa shape index (κ3) is 2.36. The second-order valence-corrected chi connectivity index (χ2v) is 5.67. The first-order valence-electron chi connectivity index (χ1n) is 6.87. The van der Waals surface area contributed by atoms with E-state index in [2.05, 4.69) is 4.98 Å². The maximum atomic E-state index is 12.7. The van der Waals surface area contributed by atoms with E-state index >= 15 is 0 Å². The van der Waals surface area contributed by atoms with E-state index in [-0.39, 0.29) is 23.3 Å². The van der Waals surface area contributed by atoms with E-state index < -0.39 is 0 Å². The monoisotopic (exact) mass is 314 g/mol. The van der Waals surface area contributed by atoms with Crippen molar-refractivity contribution in [2.24, 2.45) is 0 Å². The van der Waals surface area contributed by atoms with Gasteiger partial charge < -0.3 is 9.67 Å². The van der Waals surface area contributed by atoms with E-state index in [0.29, 0.717) is 17.7 Å². The van der Waals surface area contributed by atoms with Gasteiger partial charge in [-0.3, -0.25) is 9.59 Å². The van der Waals surface area contributed by atoms with Crippen LogP contribution >= 0.6 is 11.3 Å². The standard InChI is InChI=1S/C16H14N2O3S/c1-2-14(20)12-8-22-16(17-12)15(21)11-7-18(9-19)13-6-4-3-5-10(11)13/h3-8,19H,2,9H2,1H3. The lowest BCUT2D eigenvalue weighted by atomic mass is 10.1. The molecule has 0 bridgehead atoms. The summed E-state index contributed by atoms with van der Waals surface area (Å²) < 4.78 is 1.61. The molecular formula is C16H14N2O3S. The first kappa shape index (κ1) is 14.6. The topological polar surface area (TPSA) is 72.2 Å². The molecule has 0 saturated heterocycles. The second-order valence-electron chi connectivity index (χ2n) is 4.81. The number of aromatic nitrogens is 2. The number of aliphatic hydroxyl groups excluding tert-OH is 1. The van der Waals surface area contributed by atoms with Gasteiger partial charge in [-0.2, -0.15) is 0 Å². The van der Waals surface area contributed by atoms with Gasteiger partial charge in [-0.1, -0.05) is 25.1 Å². The Bertz CT molecular complexity index is 863. The van der Waals surface area contributed by atoms with Crippen LogP contribution in [0.15, 0.2) is 35.8 Å². The first-order chi connectivity index (χ1) is 10.7. The summed E-state index contributed by atoms with van der Waals surface area (Å²) in [5.41, 5.74) is 1.60. The Morgan fingerprint density at radius 3 is 2.82 bits per heavy atom. The number of para-hydroxylation sites is 1. The molecule has 2 aromatic heterocycles. The highest BCUT2D eigenvalue weighted by atomic mass is 32.1. The Kier molecular flexibility index (Phi) is 3.87. The van der Waals surface area contributed by atoms with Crippen LogP contribution in [-0.4, -0.2) is 26.2 Å². The number of nitrogens with zero attached hydrogens (tertiary/aromatic N) is 2. The van der Waals surface area contributed by atoms with E-state index in [4.69, 9.17) is 0 Å². The third-order valence-corrected chi connectivity index (χ3v) is 4.33. The van der Waals surface area contributed by atoms with Crippen LogP contribution in [0.3, 0.4) is 0 Å². The van der Waals surface area contributed by atoms with Gasteiger partial charge in [-0.15, -0.1) is 11.3 Å². The summed E-state index contributed by atoms with van der Waals surface area (Å²) in [5.74, 6) is -0.309. The minimum Gasteiger partial charge on any atom is -0.376 e. The molecular weight excluding hydrogens is 300 g/mol. The molecule has 0 amide bonds. The van der Waals surface area contributed by atoms with Crippen molar-refractivity contribution in [3.05, 3.63) is 52.1 Å². The maximum absolute atomic E-state index is 12.7. The summed E-state index contributed by atoms with van der Waals surface area (Å²) in [5, 5.41) is 12.1. The fourth-order valence-corrected chi connectivity index (χ4v) is 3.12. The Balaban J connectivity index is 2.06. The highest BCUT2D eigenvalue weighted by Crippen LogP contribution is 2.25. The van der Waals surface area contributed by atoms with Crippen LogP contribution in [0.4, 0.5) is 0 Å². The summed E-state index contributed by atoms with van der Waals surface area (Å²) in [6.45, 7) is 1.56. The van der Waals surface area contributed by atoms with Crippen molar-refractivity contribution in [3.63, 3.8) is 0 Å². The number of Topliss-reactive ketones (excluding diaryl/α,β-unsaturated/α-hetero) is 1. The molecule has 3 aromatic rings. The van der Waals surface area contributed by atoms with Crippen LogP contribution in [0.1, 0.15) is 39.2 Å². The normalized spacial score (nSPS) is 11.0. The second kappa shape index (κ2) is 5.82. The zero-order valence-electron chi connectivity index (χ0n) is 11.9. The van der Waals surface area contributed by atoms with Crippen LogP contribution in [-0.2, 0) is 6.73 Å². The van der Waals surface area contributed by atoms with Crippen LogP contribution in [0.5, 0.6) is 0 Å². The highest BCUT2D eigenvalue weighted by molar-refractivity contribution is 7.12. The Morgan fingerprint density at radius 2 is 2.09 bits per heavy atom. The zero-order valence-corrected chi connectivity index (χ0v) is 12.8. The van der Waals surface area contributed by atoms with E-state index in [9.17, 15) is 14.7 Å². The average Bonchev–Trinajstić information content (AvgIpc) is 3.18. The van der Waals surface area contributed by atoms with Crippen LogP contribution in [0.25, 0.3) is 10.9 Å². The number of benzene rings is 1. The van der Waals surface area contributed by atoms with Crippen molar-refractivity contribution < 1.29 is 14.7 Å². The van der Waals surface area contributed by atoms with Gasteiger partial charge in [0.05, 0.1) is 11.1 Å². The molecule has 0 spiro atoms. The molecule has 0 saturated carbocycles. The molecule has 1 N–H and O–H groups in total. The van der Waals surface area contributed by atoms with Gasteiger partial charge in [0.15, 0.2) is 10.8 Å². The van der Waals surface area contributed by atoms with Gasteiger partial charge >= 0.3 is 0 Å². The molecule has 0 atom stereocenters. The lowest BCUT2D eigenvalue weighted by molar-refractivity contribution is 0.0984. The molecule has 6 heteroatoms. The molecule has 0 fully saturated rings. The van der Waals surface area contributed by atoms with E-state index in [1.165, 1.54) is 11.3 Å². The van der Waals surface area contributed by atoms with Crippen LogP contribution in [0.2, 0.25) is 0 Å². The minimum atomic E-state index is -0.233. The number of hydrogen-bond acceptors (Lipinski definition) is 5. The number of carbonyl (C=O) groups excluding carboxylic acids is 2. The van der Waals surface area contributed by atoms with E-state index in [0.717, 1.165) is 10.9 Å². The SMILES string of the molecule is CCC(=O)c1csc(C(=O)c2cn(CO)c3ccccc23)n1. The number of hydrogen-bond donors (Lipinski definition) is 1. The Hall–Kier alpha value is -2.31. The van der Waals surface area contributed by atoms with Crippen LogP contribution in [0, 0.1) is 0 Å². The van der Waals surface area contributed by atoms with Crippen molar-refractivity contribution in [3.8, 4) is 0 Å². The number of carbonyl (C=O) groups is 2. The molecule has 112 valence electrons. The minimum absolute atomic E-state index is 0.0758. The molecule has 0 aliphatic rings. The molecule has 5 nitrogen and oxygen atoms in total. The fraction of sp³-hybridized carbons (Fsp3) is 0.188. The summed E-state index contributed by atoms with van der Waals surface area (Å²) in [4.78, 5) is 28.4. The summed E-state index contributed by atoms with van der Waals surface area (Å²) in [6.07, 6.45) is 1.98. The number of rotatable bonds is 5. The number of aliphatic hydroxyl groups is 1. The summed E-state index contributed by atoms with van der Waals surface area (Å²) >= 11 is 1.17. The van der Waals surface area contributed by atoms with Gasteiger partial charge in [-0.25, -0.2) is 4.98 Å². The van der Waals surface area contributed by atoms with Crippen molar-refractivity contribution in [1.82, 2.24) is 9.55 Å². The molecule has 2 heterocycles. The predicted octanol–water partition coefficient (Wildman–Crippen LogP) is 2.87. The highest BCUT2D eigenvalue weighted by Gasteiger charge is 2.20. The molecule has 22 heavy (non-hydrogen) atoms. The van der Waals surface area contributed by atoms with Crippen molar-refractivity contribution >= 4 is 33.8 Å². The summed E-state index contributed by atoms with van der Waals surface area (Å²) in [6, 6.07) is 7.37. The zero-order chi connectivity index (χ0) is 15.7. The molecule has 0 radical (unpaired) electrons. The number of ketones is 2.